The Balaban J connectivity index is 2.12. The first-order valence-corrected chi connectivity index (χ1v) is 7.96. The average molecular weight is 332 g/mol. The van der Waals surface area contributed by atoms with Gasteiger partial charge in [-0.1, -0.05) is 29.3 Å². The summed E-state index contributed by atoms with van der Waals surface area (Å²) >= 11 is 11.8. The summed E-state index contributed by atoms with van der Waals surface area (Å²) in [5.41, 5.74) is 0.531. The van der Waals surface area contributed by atoms with Gasteiger partial charge in [0.2, 0.25) is 0 Å². The zero-order chi connectivity index (χ0) is 15.9. The molecule has 118 valence electrons. The molecule has 0 heterocycles. The number of benzene rings is 1. The number of nitrogens with one attached hydrogen (secondary N) is 1. The van der Waals surface area contributed by atoms with Crippen LogP contribution in [0.1, 0.15) is 38.7 Å². The summed E-state index contributed by atoms with van der Waals surface area (Å²) < 4.78 is 0. The normalized spacial score (nSPS) is 11.6. The Bertz CT molecular complexity index is 475. The van der Waals surface area contributed by atoms with Gasteiger partial charge in [0.05, 0.1) is 15.5 Å². The Kier molecular flexibility index (Phi) is 7.50. The van der Waals surface area contributed by atoms with Gasteiger partial charge in [-0.05, 0) is 70.3 Å². The van der Waals surface area contributed by atoms with Crippen molar-refractivity contribution in [3.8, 4) is 0 Å². The van der Waals surface area contributed by atoms with Crippen LogP contribution in [0, 0.1) is 5.41 Å². The second kappa shape index (κ2) is 8.62. The van der Waals surface area contributed by atoms with Gasteiger partial charge in [-0.3, -0.25) is 4.79 Å². The van der Waals surface area contributed by atoms with Crippen LogP contribution in [0.15, 0.2) is 18.2 Å². The summed E-state index contributed by atoms with van der Waals surface area (Å²) in [6.45, 7) is 5.13. The first-order chi connectivity index (χ1) is 9.83. The molecule has 0 aliphatic carbocycles. The topological polar surface area (TPSA) is 49.3 Å². The average Bonchev–Trinajstić information content (AvgIpc) is 2.41. The van der Waals surface area contributed by atoms with Crippen LogP contribution in [0.2, 0.25) is 10.0 Å². The molecule has 1 aromatic carbocycles. The van der Waals surface area contributed by atoms with Crippen LogP contribution in [0.4, 0.5) is 0 Å². The minimum atomic E-state index is -0.746. The highest BCUT2D eigenvalue weighted by molar-refractivity contribution is 6.42. The molecule has 21 heavy (non-hydrogen) atoms. The zero-order valence-electron chi connectivity index (χ0n) is 12.6. The number of carboxylic acid groups (broad SMARTS) is 1. The van der Waals surface area contributed by atoms with E-state index in [2.05, 4.69) is 5.32 Å². The van der Waals surface area contributed by atoms with E-state index in [-0.39, 0.29) is 0 Å². The molecule has 0 radical (unpaired) electrons. The third-order valence-electron chi connectivity index (χ3n) is 3.56. The van der Waals surface area contributed by atoms with Crippen LogP contribution in [0.5, 0.6) is 0 Å². The Morgan fingerprint density at radius 1 is 1.19 bits per heavy atom. The molecule has 0 spiro atoms. The summed E-state index contributed by atoms with van der Waals surface area (Å²) in [6.07, 6.45) is 3.72. The summed E-state index contributed by atoms with van der Waals surface area (Å²) in [5.74, 6) is -0.746. The molecule has 3 nitrogen and oxygen atoms in total. The van der Waals surface area contributed by atoms with Gasteiger partial charge in [0.25, 0.3) is 0 Å². The Labute approximate surface area is 136 Å². The van der Waals surface area contributed by atoms with E-state index in [9.17, 15) is 4.79 Å². The van der Waals surface area contributed by atoms with Crippen LogP contribution >= 0.6 is 23.2 Å². The fraction of sp³-hybridized carbons (Fsp3) is 0.562. The predicted octanol–water partition coefficient (Wildman–Crippen LogP) is 4.41. The number of aliphatic carboxylic acids is 1. The number of rotatable bonds is 9. The van der Waals surface area contributed by atoms with E-state index in [1.807, 2.05) is 18.2 Å². The van der Waals surface area contributed by atoms with Gasteiger partial charge in [0.1, 0.15) is 0 Å². The summed E-state index contributed by atoms with van der Waals surface area (Å²) in [4.78, 5) is 10.9. The van der Waals surface area contributed by atoms with Gasteiger partial charge in [-0.15, -0.1) is 0 Å². The number of unbranched alkanes of at least 4 members (excludes halogenated alkanes) is 1. The minimum Gasteiger partial charge on any atom is -0.481 e. The molecule has 2 N–H and O–H groups in total. The number of carbonyl (C=O) groups is 1. The van der Waals surface area contributed by atoms with Crippen LogP contribution in [-0.2, 0) is 11.2 Å². The monoisotopic (exact) mass is 331 g/mol. The second-order valence-corrected chi connectivity index (χ2v) is 6.71. The summed E-state index contributed by atoms with van der Waals surface area (Å²) in [6, 6.07) is 5.73. The maximum Gasteiger partial charge on any atom is 0.309 e. The summed E-state index contributed by atoms with van der Waals surface area (Å²) in [7, 11) is 0. The number of hydrogen-bond donors (Lipinski definition) is 2. The van der Waals surface area contributed by atoms with E-state index in [4.69, 9.17) is 28.3 Å². The van der Waals surface area contributed by atoms with Crippen LogP contribution in [0.25, 0.3) is 0 Å². The van der Waals surface area contributed by atoms with Crippen molar-refractivity contribution in [2.75, 3.05) is 13.1 Å². The number of aryl methyl sites for hydroxylation is 1. The SMILES string of the molecule is CC(C)(CCNCCCCc1ccc(Cl)c(Cl)c1)C(=O)O. The first-order valence-electron chi connectivity index (χ1n) is 7.21. The van der Waals surface area contributed by atoms with E-state index in [0.717, 1.165) is 32.4 Å². The lowest BCUT2D eigenvalue weighted by atomic mass is 9.90. The molecule has 0 aliphatic heterocycles. The maximum atomic E-state index is 10.9. The van der Waals surface area contributed by atoms with Crippen LogP contribution < -0.4 is 5.32 Å². The molecule has 0 unspecified atom stereocenters. The van der Waals surface area contributed by atoms with Gasteiger partial charge in [-0.2, -0.15) is 0 Å². The minimum absolute atomic E-state index is 0.586. The van der Waals surface area contributed by atoms with E-state index < -0.39 is 11.4 Å². The molecule has 0 bridgehead atoms. The fourth-order valence-electron chi connectivity index (χ4n) is 1.91. The van der Waals surface area contributed by atoms with Crippen molar-refractivity contribution >= 4 is 29.2 Å². The van der Waals surface area contributed by atoms with Gasteiger partial charge in [-0.25, -0.2) is 0 Å². The molecule has 1 rings (SSSR count). The molecule has 0 amide bonds. The standard InChI is InChI=1S/C16H23Cl2NO2/c1-16(2,15(20)21)8-10-19-9-4-3-5-12-6-7-13(17)14(18)11-12/h6-7,11,19H,3-5,8-10H2,1-2H3,(H,20,21). The van der Waals surface area contributed by atoms with Crippen molar-refractivity contribution in [2.24, 2.45) is 5.41 Å². The van der Waals surface area contributed by atoms with E-state index in [1.165, 1.54) is 5.56 Å². The molecular weight excluding hydrogens is 309 g/mol. The molecule has 1 aromatic rings. The fourth-order valence-corrected chi connectivity index (χ4v) is 2.23. The highest BCUT2D eigenvalue weighted by atomic mass is 35.5. The second-order valence-electron chi connectivity index (χ2n) is 5.89. The molecule has 0 saturated heterocycles. The quantitative estimate of drug-likeness (QED) is 0.659. The van der Waals surface area contributed by atoms with Crippen LogP contribution in [-0.4, -0.2) is 24.2 Å². The lowest BCUT2D eigenvalue weighted by molar-refractivity contribution is -0.147. The van der Waals surface area contributed by atoms with Gasteiger partial charge in [0, 0.05) is 0 Å². The van der Waals surface area contributed by atoms with Crippen molar-refractivity contribution in [2.45, 2.75) is 39.5 Å². The molecule has 5 heteroatoms. The van der Waals surface area contributed by atoms with Gasteiger partial charge >= 0.3 is 5.97 Å². The van der Waals surface area contributed by atoms with Crippen molar-refractivity contribution < 1.29 is 9.90 Å². The van der Waals surface area contributed by atoms with Crippen LogP contribution in [0.3, 0.4) is 0 Å². The third kappa shape index (κ3) is 6.68. The summed E-state index contributed by atoms with van der Waals surface area (Å²) in [5, 5.41) is 13.5. The molecule has 0 saturated carbocycles. The zero-order valence-corrected chi connectivity index (χ0v) is 14.1. The van der Waals surface area contributed by atoms with E-state index in [0.29, 0.717) is 16.5 Å². The van der Waals surface area contributed by atoms with Crippen molar-refractivity contribution in [3.05, 3.63) is 33.8 Å². The van der Waals surface area contributed by atoms with E-state index >= 15 is 0 Å². The number of carboxylic acids is 1. The third-order valence-corrected chi connectivity index (χ3v) is 4.30. The Hall–Kier alpha value is -0.770. The molecule has 0 atom stereocenters. The lowest BCUT2D eigenvalue weighted by Gasteiger charge is -2.18. The van der Waals surface area contributed by atoms with Crippen molar-refractivity contribution in [1.82, 2.24) is 5.32 Å². The van der Waals surface area contributed by atoms with Gasteiger partial charge in [0.15, 0.2) is 0 Å². The first kappa shape index (κ1) is 18.3. The number of hydrogen-bond acceptors (Lipinski definition) is 2. The lowest BCUT2D eigenvalue weighted by Crippen LogP contribution is -2.29. The Morgan fingerprint density at radius 2 is 1.90 bits per heavy atom. The van der Waals surface area contributed by atoms with Crippen molar-refractivity contribution in [1.29, 1.82) is 0 Å². The van der Waals surface area contributed by atoms with E-state index in [1.54, 1.807) is 13.8 Å². The molecule has 0 fully saturated rings. The maximum absolute atomic E-state index is 10.9. The molecule has 0 aliphatic rings. The predicted molar refractivity (Wildman–Crippen MR) is 88.3 cm³/mol. The Morgan fingerprint density at radius 3 is 2.52 bits per heavy atom. The highest BCUT2D eigenvalue weighted by Gasteiger charge is 2.25. The molecule has 0 aromatic heterocycles. The highest BCUT2D eigenvalue weighted by Crippen LogP contribution is 2.23. The van der Waals surface area contributed by atoms with Gasteiger partial charge < -0.3 is 10.4 Å². The molecular formula is C16H23Cl2NO2. The van der Waals surface area contributed by atoms with Crippen molar-refractivity contribution in [3.63, 3.8) is 0 Å². The largest absolute Gasteiger partial charge is 0.481 e. The smallest absolute Gasteiger partial charge is 0.309 e. The number of halogens is 2.